The summed E-state index contributed by atoms with van der Waals surface area (Å²) in [7, 11) is 0. The fraction of sp³-hybridized carbons (Fsp3) is 0.951. The van der Waals surface area contributed by atoms with E-state index in [1.165, 1.54) is 141 Å². The van der Waals surface area contributed by atoms with Crippen LogP contribution in [0.25, 0.3) is 0 Å². The number of amides is 2. The fourth-order valence-electron chi connectivity index (χ4n) is 6.56. The Morgan fingerprint density at radius 1 is 0.388 bits per heavy atom. The van der Waals surface area contributed by atoms with Gasteiger partial charge in [0.25, 0.3) is 0 Å². The van der Waals surface area contributed by atoms with Gasteiger partial charge in [0.1, 0.15) is 0 Å². The van der Waals surface area contributed by atoms with E-state index in [0.29, 0.717) is 39.0 Å². The van der Waals surface area contributed by atoms with Crippen LogP contribution in [0.4, 0.5) is 0 Å². The van der Waals surface area contributed by atoms with Crippen molar-refractivity contribution in [3.63, 3.8) is 0 Å². The molecule has 0 bridgehead atoms. The third-order valence-electron chi connectivity index (χ3n) is 9.80. The minimum atomic E-state index is 0.0719. The van der Waals surface area contributed by atoms with Crippen LogP contribution in [0.1, 0.15) is 187 Å². The first-order valence-corrected chi connectivity index (χ1v) is 21.3. The second-order valence-corrected chi connectivity index (χ2v) is 14.5. The van der Waals surface area contributed by atoms with Crippen molar-refractivity contribution >= 4 is 11.8 Å². The van der Waals surface area contributed by atoms with Crippen molar-refractivity contribution in [1.82, 2.24) is 20.4 Å². The number of hydrogen-bond donors (Lipinski definition) is 4. The van der Waals surface area contributed by atoms with Gasteiger partial charge in [0.15, 0.2) is 0 Å². The molecular formula is C41H84N4O4. The molecule has 0 saturated carbocycles. The lowest BCUT2D eigenvalue weighted by Crippen LogP contribution is -2.37. The van der Waals surface area contributed by atoms with Gasteiger partial charge in [-0.05, 0) is 32.4 Å². The maximum Gasteiger partial charge on any atom is 0.221 e. The van der Waals surface area contributed by atoms with Gasteiger partial charge in [0.05, 0.1) is 13.2 Å². The molecule has 8 heteroatoms. The zero-order chi connectivity index (χ0) is 35.9. The Morgan fingerprint density at radius 3 is 0.980 bits per heavy atom. The van der Waals surface area contributed by atoms with Crippen molar-refractivity contribution < 1.29 is 19.8 Å². The van der Waals surface area contributed by atoms with E-state index in [1.54, 1.807) is 0 Å². The van der Waals surface area contributed by atoms with Crippen molar-refractivity contribution in [2.45, 2.75) is 187 Å². The Kier molecular flexibility index (Phi) is 38.6. The predicted molar refractivity (Wildman–Crippen MR) is 209 cm³/mol. The standard InChI is InChI=1S/C41H84N4O4/c1-3-5-7-9-11-13-15-17-19-21-23-25-30-42-40(48)28-34-44(32-27-33-45(36-38-46)37-39-47)35-29-41(49)43-31-26-24-22-20-18-16-14-12-10-8-6-4-2/h46-47H,3-39H2,1-2H3,(H,42,48)(H,43,49). The van der Waals surface area contributed by atoms with Gasteiger partial charge < -0.3 is 25.7 Å². The summed E-state index contributed by atoms with van der Waals surface area (Å²) in [5.74, 6) is 0.179. The molecular weight excluding hydrogens is 612 g/mol. The van der Waals surface area contributed by atoms with Gasteiger partial charge in [0.2, 0.25) is 11.8 Å². The lowest BCUT2D eigenvalue weighted by molar-refractivity contribution is -0.121. The molecule has 0 radical (unpaired) electrons. The Labute approximate surface area is 304 Å². The molecule has 0 rings (SSSR count). The molecule has 2 amide bonds. The first-order chi connectivity index (χ1) is 24.1. The third-order valence-corrected chi connectivity index (χ3v) is 9.80. The largest absolute Gasteiger partial charge is 0.395 e. The normalized spacial score (nSPS) is 11.6. The molecule has 4 N–H and O–H groups in total. The van der Waals surface area contributed by atoms with Crippen molar-refractivity contribution in [2.75, 3.05) is 65.6 Å². The molecule has 0 aromatic carbocycles. The van der Waals surface area contributed by atoms with Crippen LogP contribution < -0.4 is 10.6 Å². The zero-order valence-corrected chi connectivity index (χ0v) is 32.8. The Bertz CT molecular complexity index is 644. The lowest BCUT2D eigenvalue weighted by atomic mass is 10.1. The molecule has 0 fully saturated rings. The van der Waals surface area contributed by atoms with Crippen LogP contribution in [0, 0.1) is 0 Å². The maximum atomic E-state index is 12.6. The van der Waals surface area contributed by atoms with Gasteiger partial charge in [-0.15, -0.1) is 0 Å². The summed E-state index contributed by atoms with van der Waals surface area (Å²) in [6.07, 6.45) is 33.2. The molecule has 0 heterocycles. The van der Waals surface area contributed by atoms with E-state index in [4.69, 9.17) is 0 Å². The van der Waals surface area contributed by atoms with E-state index in [-0.39, 0.29) is 25.0 Å². The minimum absolute atomic E-state index is 0.0719. The van der Waals surface area contributed by atoms with Gasteiger partial charge in [-0.1, -0.05) is 155 Å². The molecule has 0 aliphatic rings. The highest BCUT2D eigenvalue weighted by atomic mass is 16.3. The van der Waals surface area contributed by atoms with Crippen LogP contribution in [0.2, 0.25) is 0 Å². The van der Waals surface area contributed by atoms with E-state index in [0.717, 1.165) is 45.4 Å². The van der Waals surface area contributed by atoms with Gasteiger partial charge in [-0.3, -0.25) is 14.5 Å². The second-order valence-electron chi connectivity index (χ2n) is 14.5. The molecule has 0 saturated heterocycles. The first-order valence-electron chi connectivity index (χ1n) is 21.3. The number of aliphatic hydroxyl groups excluding tert-OH is 2. The quantitative estimate of drug-likeness (QED) is 0.0480. The van der Waals surface area contributed by atoms with Crippen LogP contribution in [-0.2, 0) is 9.59 Å². The smallest absolute Gasteiger partial charge is 0.221 e. The number of unbranched alkanes of at least 4 members (excludes halogenated alkanes) is 22. The number of nitrogens with one attached hydrogen (secondary N) is 2. The number of rotatable bonds is 40. The molecule has 49 heavy (non-hydrogen) atoms. The lowest BCUT2D eigenvalue weighted by Gasteiger charge is -2.25. The second kappa shape index (κ2) is 39.6. The van der Waals surface area contributed by atoms with Crippen LogP contribution in [0.5, 0.6) is 0 Å². The van der Waals surface area contributed by atoms with Crippen LogP contribution >= 0.6 is 0 Å². The van der Waals surface area contributed by atoms with Crippen molar-refractivity contribution in [3.8, 4) is 0 Å². The van der Waals surface area contributed by atoms with Gasteiger partial charge >= 0.3 is 0 Å². The van der Waals surface area contributed by atoms with Crippen LogP contribution in [0.15, 0.2) is 0 Å². The summed E-state index contributed by atoms with van der Waals surface area (Å²) in [5, 5.41) is 24.9. The topological polar surface area (TPSA) is 105 Å². The van der Waals surface area contributed by atoms with Crippen LogP contribution in [0.3, 0.4) is 0 Å². The number of carbonyl (C=O) groups excluding carboxylic acids is 2. The summed E-state index contributed by atoms with van der Waals surface area (Å²) in [6, 6.07) is 0. The van der Waals surface area contributed by atoms with Gasteiger partial charge in [-0.2, -0.15) is 0 Å². The number of aliphatic hydroxyl groups is 2. The summed E-state index contributed by atoms with van der Waals surface area (Å²) >= 11 is 0. The highest BCUT2D eigenvalue weighted by molar-refractivity contribution is 5.76. The molecule has 0 atom stereocenters. The predicted octanol–water partition coefficient (Wildman–Crippen LogP) is 8.38. The summed E-state index contributed by atoms with van der Waals surface area (Å²) in [4.78, 5) is 29.5. The van der Waals surface area contributed by atoms with Crippen molar-refractivity contribution in [1.29, 1.82) is 0 Å². The highest BCUT2D eigenvalue weighted by Crippen LogP contribution is 2.13. The molecule has 0 aromatic heterocycles. The van der Waals surface area contributed by atoms with Gasteiger partial charge in [0, 0.05) is 52.1 Å². The van der Waals surface area contributed by atoms with E-state index in [9.17, 15) is 19.8 Å². The molecule has 292 valence electrons. The molecule has 0 unspecified atom stereocenters. The molecule has 0 spiro atoms. The Morgan fingerprint density at radius 2 is 0.673 bits per heavy atom. The van der Waals surface area contributed by atoms with Crippen LogP contribution in [-0.4, -0.2) is 97.4 Å². The summed E-state index contributed by atoms with van der Waals surface area (Å²) in [5.41, 5.74) is 0. The Balaban J connectivity index is 4.18. The van der Waals surface area contributed by atoms with Crippen molar-refractivity contribution in [3.05, 3.63) is 0 Å². The molecule has 0 aliphatic heterocycles. The van der Waals surface area contributed by atoms with Crippen molar-refractivity contribution in [2.24, 2.45) is 0 Å². The van der Waals surface area contributed by atoms with E-state index in [1.807, 2.05) is 0 Å². The van der Waals surface area contributed by atoms with Gasteiger partial charge in [-0.25, -0.2) is 0 Å². The van der Waals surface area contributed by atoms with E-state index >= 15 is 0 Å². The average Bonchev–Trinajstić information content (AvgIpc) is 3.10. The fourth-order valence-corrected chi connectivity index (χ4v) is 6.56. The average molecular weight is 697 g/mol. The minimum Gasteiger partial charge on any atom is -0.395 e. The summed E-state index contributed by atoms with van der Waals surface area (Å²) < 4.78 is 0. The zero-order valence-electron chi connectivity index (χ0n) is 32.8. The Hall–Kier alpha value is -1.22. The highest BCUT2D eigenvalue weighted by Gasteiger charge is 2.12. The summed E-state index contributed by atoms with van der Waals surface area (Å²) in [6.45, 7) is 10.1. The molecule has 8 nitrogen and oxygen atoms in total. The maximum absolute atomic E-state index is 12.6. The number of hydrogen-bond acceptors (Lipinski definition) is 6. The molecule has 0 aromatic rings. The monoisotopic (exact) mass is 697 g/mol. The SMILES string of the molecule is CCCCCCCCCCCCCCNC(=O)CCN(CCCN(CCO)CCO)CCC(=O)NCCCCCCCCCCCCCC. The van der Waals surface area contributed by atoms with E-state index in [2.05, 4.69) is 34.3 Å². The number of nitrogens with zero attached hydrogens (tertiary/aromatic N) is 2. The number of carbonyl (C=O) groups is 2. The van der Waals surface area contributed by atoms with E-state index < -0.39 is 0 Å². The third kappa shape index (κ3) is 36.4. The first kappa shape index (κ1) is 47.8. The molecule has 0 aliphatic carbocycles.